The summed E-state index contributed by atoms with van der Waals surface area (Å²) in [5, 5.41) is 14.1. The van der Waals surface area contributed by atoms with E-state index in [1.54, 1.807) is 0 Å². The molecule has 0 saturated carbocycles. The SMILES string of the molecule is C[C@]1(c2ccc3c(c2)OCO3)N[C@@H](C(=O)O)Cc2c1[nH]c1ccccc21. The van der Waals surface area contributed by atoms with Crippen molar-refractivity contribution in [1.29, 1.82) is 0 Å². The maximum absolute atomic E-state index is 11.8. The predicted octanol–water partition coefficient (Wildman–Crippen LogP) is 2.76. The highest BCUT2D eigenvalue weighted by Gasteiger charge is 2.42. The highest BCUT2D eigenvalue weighted by molar-refractivity contribution is 5.87. The van der Waals surface area contributed by atoms with E-state index in [9.17, 15) is 9.90 Å². The van der Waals surface area contributed by atoms with Gasteiger partial charge in [-0.1, -0.05) is 24.3 Å². The minimum Gasteiger partial charge on any atom is -0.480 e. The molecule has 0 radical (unpaired) electrons. The van der Waals surface area contributed by atoms with Crippen LogP contribution in [0.5, 0.6) is 11.5 Å². The first-order chi connectivity index (χ1) is 12.6. The van der Waals surface area contributed by atoms with E-state index in [1.165, 1.54) is 0 Å². The van der Waals surface area contributed by atoms with E-state index in [-0.39, 0.29) is 6.79 Å². The smallest absolute Gasteiger partial charge is 0.321 e. The molecule has 6 nitrogen and oxygen atoms in total. The Morgan fingerprint density at radius 3 is 2.85 bits per heavy atom. The molecule has 3 aromatic rings. The van der Waals surface area contributed by atoms with E-state index in [0.29, 0.717) is 17.9 Å². The zero-order valence-electron chi connectivity index (χ0n) is 14.2. The number of aliphatic carboxylic acids is 1. The van der Waals surface area contributed by atoms with Crippen LogP contribution in [0.25, 0.3) is 10.9 Å². The Kier molecular flexibility index (Phi) is 3.09. The normalized spacial score (nSPS) is 23.8. The molecule has 0 aliphatic carbocycles. The van der Waals surface area contributed by atoms with Crippen molar-refractivity contribution in [3.63, 3.8) is 0 Å². The Hall–Kier alpha value is -2.99. The number of hydrogen-bond acceptors (Lipinski definition) is 4. The van der Waals surface area contributed by atoms with Crippen LogP contribution in [-0.2, 0) is 16.8 Å². The van der Waals surface area contributed by atoms with Crippen LogP contribution in [0, 0.1) is 0 Å². The minimum atomic E-state index is -0.854. The number of aromatic amines is 1. The van der Waals surface area contributed by atoms with Gasteiger partial charge in [0.05, 0.1) is 5.54 Å². The zero-order chi connectivity index (χ0) is 17.9. The van der Waals surface area contributed by atoms with Gasteiger partial charge >= 0.3 is 5.97 Å². The van der Waals surface area contributed by atoms with E-state index >= 15 is 0 Å². The number of para-hydroxylation sites is 1. The van der Waals surface area contributed by atoms with Crippen LogP contribution in [-0.4, -0.2) is 28.9 Å². The lowest BCUT2D eigenvalue weighted by Gasteiger charge is -2.39. The molecule has 1 aromatic heterocycles. The molecule has 0 unspecified atom stereocenters. The Morgan fingerprint density at radius 1 is 1.19 bits per heavy atom. The van der Waals surface area contributed by atoms with Crippen LogP contribution in [0.3, 0.4) is 0 Å². The number of fused-ring (bicyclic) bond motifs is 4. The second-order valence-electron chi connectivity index (χ2n) is 6.96. The monoisotopic (exact) mass is 350 g/mol. The number of benzene rings is 2. The van der Waals surface area contributed by atoms with Gasteiger partial charge in [-0.25, -0.2) is 0 Å². The molecule has 3 heterocycles. The number of carboxylic acids is 1. The maximum atomic E-state index is 11.8. The van der Waals surface area contributed by atoms with Crippen molar-refractivity contribution in [2.45, 2.75) is 24.9 Å². The Balaban J connectivity index is 1.74. The van der Waals surface area contributed by atoms with Crippen molar-refractivity contribution in [2.24, 2.45) is 0 Å². The van der Waals surface area contributed by atoms with Crippen LogP contribution in [0.4, 0.5) is 0 Å². The lowest BCUT2D eigenvalue weighted by atomic mass is 9.80. The molecule has 26 heavy (non-hydrogen) atoms. The molecule has 0 saturated heterocycles. The summed E-state index contributed by atoms with van der Waals surface area (Å²) < 4.78 is 10.9. The van der Waals surface area contributed by atoms with Crippen LogP contribution in [0.1, 0.15) is 23.7 Å². The summed E-state index contributed by atoms with van der Waals surface area (Å²) in [6.45, 7) is 2.21. The highest BCUT2D eigenvalue weighted by atomic mass is 16.7. The lowest BCUT2D eigenvalue weighted by Crippen LogP contribution is -2.54. The van der Waals surface area contributed by atoms with Crippen molar-refractivity contribution < 1.29 is 19.4 Å². The van der Waals surface area contributed by atoms with E-state index in [0.717, 1.165) is 27.7 Å². The Bertz CT molecular complexity index is 1040. The van der Waals surface area contributed by atoms with Gasteiger partial charge in [0.15, 0.2) is 11.5 Å². The van der Waals surface area contributed by atoms with Crippen LogP contribution in [0.2, 0.25) is 0 Å². The third-order valence-corrected chi connectivity index (χ3v) is 5.43. The van der Waals surface area contributed by atoms with Gasteiger partial charge in [0.2, 0.25) is 6.79 Å². The Morgan fingerprint density at radius 2 is 2.00 bits per heavy atom. The van der Waals surface area contributed by atoms with E-state index in [2.05, 4.69) is 10.3 Å². The van der Waals surface area contributed by atoms with Crippen LogP contribution in [0.15, 0.2) is 42.5 Å². The molecule has 0 bridgehead atoms. The summed E-state index contributed by atoms with van der Waals surface area (Å²) in [4.78, 5) is 15.3. The average Bonchev–Trinajstić information content (AvgIpc) is 3.25. The van der Waals surface area contributed by atoms with Crippen molar-refractivity contribution in [3.8, 4) is 11.5 Å². The number of hydrogen-bond donors (Lipinski definition) is 3. The summed E-state index contributed by atoms with van der Waals surface area (Å²) in [5.74, 6) is 0.536. The van der Waals surface area contributed by atoms with Gasteiger partial charge in [0.25, 0.3) is 0 Å². The Labute approximate surface area is 149 Å². The first kappa shape index (κ1) is 15.3. The standard InChI is InChI=1S/C20H18N2O4/c1-20(11-6-7-16-17(8-11)26-10-25-16)18-13(9-15(22-20)19(23)24)12-4-2-3-5-14(12)21-18/h2-8,15,21-22H,9-10H2,1H3,(H,23,24)/t15-,20-/m1/s1. The van der Waals surface area contributed by atoms with Crippen LogP contribution < -0.4 is 14.8 Å². The largest absolute Gasteiger partial charge is 0.480 e. The molecule has 0 fully saturated rings. The fourth-order valence-corrected chi connectivity index (χ4v) is 4.10. The zero-order valence-corrected chi connectivity index (χ0v) is 14.2. The third kappa shape index (κ3) is 2.05. The van der Waals surface area contributed by atoms with Crippen LogP contribution >= 0.6 is 0 Å². The minimum absolute atomic E-state index is 0.207. The molecular formula is C20H18N2O4. The number of aromatic nitrogens is 1. The molecule has 2 aromatic carbocycles. The number of nitrogens with one attached hydrogen (secondary N) is 2. The van der Waals surface area contributed by atoms with Gasteiger partial charge in [-0.2, -0.15) is 0 Å². The maximum Gasteiger partial charge on any atom is 0.321 e. The number of carbonyl (C=O) groups is 1. The number of ether oxygens (including phenoxy) is 2. The first-order valence-electron chi connectivity index (χ1n) is 8.57. The second kappa shape index (κ2) is 5.25. The number of rotatable bonds is 2. The topological polar surface area (TPSA) is 83.6 Å². The summed E-state index contributed by atoms with van der Waals surface area (Å²) in [5.41, 5.74) is 3.30. The molecule has 2 aliphatic rings. The molecule has 132 valence electrons. The van der Waals surface area contributed by atoms with Gasteiger partial charge in [-0.3, -0.25) is 10.1 Å². The van der Waals surface area contributed by atoms with Gasteiger partial charge in [0, 0.05) is 23.0 Å². The molecule has 2 atom stereocenters. The van der Waals surface area contributed by atoms with E-state index in [1.807, 2.05) is 49.4 Å². The summed E-state index contributed by atoms with van der Waals surface area (Å²) >= 11 is 0. The molecule has 0 amide bonds. The van der Waals surface area contributed by atoms with E-state index in [4.69, 9.17) is 9.47 Å². The second-order valence-corrected chi connectivity index (χ2v) is 6.96. The third-order valence-electron chi connectivity index (χ3n) is 5.43. The first-order valence-corrected chi connectivity index (χ1v) is 8.57. The summed E-state index contributed by atoms with van der Waals surface area (Å²) in [6, 6.07) is 13.1. The molecular weight excluding hydrogens is 332 g/mol. The van der Waals surface area contributed by atoms with Gasteiger partial charge in [-0.15, -0.1) is 0 Å². The lowest BCUT2D eigenvalue weighted by molar-refractivity contribution is -0.140. The summed E-state index contributed by atoms with van der Waals surface area (Å²) in [7, 11) is 0. The number of H-pyrrole nitrogens is 1. The van der Waals surface area contributed by atoms with Gasteiger partial charge < -0.3 is 19.6 Å². The van der Waals surface area contributed by atoms with Crippen molar-refractivity contribution >= 4 is 16.9 Å². The molecule has 3 N–H and O–H groups in total. The number of carboxylic acid groups (broad SMARTS) is 1. The quantitative estimate of drug-likeness (QED) is 0.662. The highest BCUT2D eigenvalue weighted by Crippen LogP contribution is 2.42. The van der Waals surface area contributed by atoms with Gasteiger partial charge in [0.1, 0.15) is 6.04 Å². The molecule has 6 heteroatoms. The fraction of sp³-hybridized carbons (Fsp3) is 0.250. The van der Waals surface area contributed by atoms with Gasteiger partial charge in [-0.05, 0) is 36.2 Å². The van der Waals surface area contributed by atoms with Crippen molar-refractivity contribution in [1.82, 2.24) is 10.3 Å². The molecule has 0 spiro atoms. The average molecular weight is 350 g/mol. The molecule has 2 aliphatic heterocycles. The fourth-order valence-electron chi connectivity index (χ4n) is 4.10. The summed E-state index contributed by atoms with van der Waals surface area (Å²) in [6.07, 6.45) is 0.439. The van der Waals surface area contributed by atoms with E-state index < -0.39 is 17.6 Å². The van der Waals surface area contributed by atoms with Crippen molar-refractivity contribution in [2.75, 3.05) is 6.79 Å². The van der Waals surface area contributed by atoms with Crippen molar-refractivity contribution in [3.05, 3.63) is 59.3 Å². The predicted molar refractivity (Wildman–Crippen MR) is 95.6 cm³/mol. The molecule has 5 rings (SSSR count).